The first-order valence-corrected chi connectivity index (χ1v) is 13.5. The van der Waals surface area contributed by atoms with Gasteiger partial charge >= 0.3 is 12.1 Å². The molecule has 1 amide bonds. The van der Waals surface area contributed by atoms with Crippen LogP contribution in [0.3, 0.4) is 0 Å². The van der Waals surface area contributed by atoms with Crippen molar-refractivity contribution in [3.05, 3.63) is 76.0 Å². The lowest BCUT2D eigenvalue weighted by atomic mass is 9.88. The SMILES string of the molecule is CCOC(=O)c1c(C)oc2c1c(C(c1ccc(Cl)cc1)N1CCN(C(=O)OCC)CC1)c(O)c1ccccc12. The van der Waals surface area contributed by atoms with E-state index in [1.54, 1.807) is 37.8 Å². The van der Waals surface area contributed by atoms with E-state index in [1.165, 1.54) is 0 Å². The van der Waals surface area contributed by atoms with Crippen LogP contribution in [0.5, 0.6) is 5.75 Å². The van der Waals surface area contributed by atoms with Gasteiger partial charge in [-0.15, -0.1) is 0 Å². The monoisotopic (exact) mass is 550 g/mol. The second-order valence-corrected chi connectivity index (χ2v) is 9.88. The van der Waals surface area contributed by atoms with Crippen LogP contribution in [-0.2, 0) is 9.47 Å². The van der Waals surface area contributed by atoms with Crippen LogP contribution >= 0.6 is 11.6 Å². The predicted octanol–water partition coefficient (Wildman–Crippen LogP) is 6.29. The summed E-state index contributed by atoms with van der Waals surface area (Å²) in [6.45, 7) is 7.73. The average molecular weight is 551 g/mol. The summed E-state index contributed by atoms with van der Waals surface area (Å²) in [6, 6.07) is 14.4. The number of amides is 1. The average Bonchev–Trinajstić information content (AvgIpc) is 3.29. The van der Waals surface area contributed by atoms with Crippen LogP contribution in [-0.4, -0.2) is 66.4 Å². The zero-order chi connectivity index (χ0) is 27.7. The smallest absolute Gasteiger partial charge is 0.409 e. The summed E-state index contributed by atoms with van der Waals surface area (Å²) >= 11 is 6.24. The van der Waals surface area contributed by atoms with Crippen LogP contribution in [0.15, 0.2) is 52.9 Å². The Morgan fingerprint density at radius 1 is 0.974 bits per heavy atom. The van der Waals surface area contributed by atoms with Gasteiger partial charge in [0.1, 0.15) is 22.7 Å². The van der Waals surface area contributed by atoms with Gasteiger partial charge in [-0.25, -0.2) is 9.59 Å². The fourth-order valence-corrected chi connectivity index (χ4v) is 5.57. The summed E-state index contributed by atoms with van der Waals surface area (Å²) in [5, 5.41) is 14.3. The van der Waals surface area contributed by atoms with Crippen molar-refractivity contribution in [2.75, 3.05) is 39.4 Å². The number of phenols is 1. The van der Waals surface area contributed by atoms with Gasteiger partial charge in [0.05, 0.1) is 19.3 Å². The number of nitrogens with zero attached hydrogens (tertiary/aromatic N) is 2. The van der Waals surface area contributed by atoms with Crippen molar-refractivity contribution < 1.29 is 28.6 Å². The third kappa shape index (κ3) is 4.90. The van der Waals surface area contributed by atoms with Crippen molar-refractivity contribution in [3.8, 4) is 5.75 Å². The summed E-state index contributed by atoms with van der Waals surface area (Å²) in [6.07, 6.45) is -0.341. The second kappa shape index (κ2) is 11.2. The largest absolute Gasteiger partial charge is 0.507 e. The van der Waals surface area contributed by atoms with Crippen molar-refractivity contribution in [1.29, 1.82) is 0 Å². The minimum absolute atomic E-state index is 0.0669. The fraction of sp³-hybridized carbons (Fsp3) is 0.333. The van der Waals surface area contributed by atoms with E-state index < -0.39 is 12.0 Å². The summed E-state index contributed by atoms with van der Waals surface area (Å²) in [5.41, 5.74) is 2.25. The molecule has 204 valence electrons. The van der Waals surface area contributed by atoms with Crippen LogP contribution in [0.2, 0.25) is 5.02 Å². The Hall–Kier alpha value is -3.75. The molecule has 2 heterocycles. The number of aromatic hydroxyl groups is 1. The number of fused-ring (bicyclic) bond motifs is 3. The molecule has 0 bridgehead atoms. The highest BCUT2D eigenvalue weighted by Crippen LogP contribution is 2.47. The van der Waals surface area contributed by atoms with Crippen molar-refractivity contribution in [3.63, 3.8) is 0 Å². The van der Waals surface area contributed by atoms with Gasteiger partial charge in [-0.1, -0.05) is 48.0 Å². The van der Waals surface area contributed by atoms with Crippen LogP contribution in [0.4, 0.5) is 4.79 Å². The molecule has 1 atom stereocenters. The van der Waals surface area contributed by atoms with E-state index in [0.717, 1.165) is 5.56 Å². The number of hydrogen-bond donors (Lipinski definition) is 1. The molecular formula is C30H31ClN2O6. The lowest BCUT2D eigenvalue weighted by molar-refractivity contribution is 0.0525. The standard InChI is InChI=1S/C30H31ClN2O6/c1-4-37-29(35)23-18(3)39-28-22-9-7-6-8-21(22)27(34)25(24(23)28)26(19-10-12-20(31)13-11-19)32-14-16-33(17-15-32)30(36)38-5-2/h6-13,26,34H,4-5,14-17H2,1-3H3. The Kier molecular flexibility index (Phi) is 7.68. The molecule has 1 N–H and O–H groups in total. The lowest BCUT2D eigenvalue weighted by Gasteiger charge is -2.39. The number of carbonyl (C=O) groups is 2. The minimum atomic E-state index is -0.508. The highest BCUT2D eigenvalue weighted by atomic mass is 35.5. The van der Waals surface area contributed by atoms with Crippen molar-refractivity contribution >= 4 is 45.4 Å². The number of piperazine rings is 1. The molecule has 0 aliphatic carbocycles. The van der Waals surface area contributed by atoms with Gasteiger partial charge in [0.15, 0.2) is 0 Å². The molecule has 1 aliphatic heterocycles. The molecular weight excluding hydrogens is 520 g/mol. The minimum Gasteiger partial charge on any atom is -0.507 e. The molecule has 9 heteroatoms. The molecule has 1 fully saturated rings. The zero-order valence-electron chi connectivity index (χ0n) is 22.2. The van der Waals surface area contributed by atoms with E-state index in [-0.39, 0.29) is 18.4 Å². The van der Waals surface area contributed by atoms with Gasteiger partial charge < -0.3 is 23.9 Å². The maximum absolute atomic E-state index is 13.2. The Morgan fingerprint density at radius 3 is 2.26 bits per heavy atom. The van der Waals surface area contributed by atoms with E-state index in [9.17, 15) is 14.7 Å². The van der Waals surface area contributed by atoms with Gasteiger partial charge in [0.25, 0.3) is 0 Å². The van der Waals surface area contributed by atoms with E-state index in [2.05, 4.69) is 4.90 Å². The molecule has 5 rings (SSSR count). The Balaban J connectivity index is 1.75. The van der Waals surface area contributed by atoms with E-state index in [0.29, 0.717) is 76.4 Å². The topological polar surface area (TPSA) is 92.5 Å². The van der Waals surface area contributed by atoms with Gasteiger partial charge in [0.2, 0.25) is 0 Å². The van der Waals surface area contributed by atoms with Crippen LogP contribution in [0.1, 0.15) is 47.1 Å². The molecule has 1 saturated heterocycles. The van der Waals surface area contributed by atoms with E-state index in [1.807, 2.05) is 36.4 Å². The molecule has 3 aromatic carbocycles. The summed E-state index contributed by atoms with van der Waals surface area (Å²) in [4.78, 5) is 29.5. The fourth-order valence-electron chi connectivity index (χ4n) is 5.44. The van der Waals surface area contributed by atoms with Crippen molar-refractivity contribution in [1.82, 2.24) is 9.80 Å². The number of furan rings is 1. The van der Waals surface area contributed by atoms with Gasteiger partial charge in [-0.3, -0.25) is 4.90 Å². The van der Waals surface area contributed by atoms with E-state index in [4.69, 9.17) is 25.5 Å². The Bertz CT molecular complexity index is 1520. The number of aryl methyl sites for hydroxylation is 1. The molecule has 4 aromatic rings. The highest BCUT2D eigenvalue weighted by molar-refractivity contribution is 6.30. The number of halogens is 1. The number of benzene rings is 3. The molecule has 1 aromatic heterocycles. The molecule has 0 saturated carbocycles. The molecule has 39 heavy (non-hydrogen) atoms. The Labute approximate surface area is 231 Å². The molecule has 0 spiro atoms. The van der Waals surface area contributed by atoms with Gasteiger partial charge in [-0.05, 0) is 38.5 Å². The predicted molar refractivity (Wildman–Crippen MR) is 150 cm³/mol. The second-order valence-electron chi connectivity index (χ2n) is 9.44. The van der Waals surface area contributed by atoms with E-state index >= 15 is 0 Å². The van der Waals surface area contributed by atoms with Crippen LogP contribution in [0.25, 0.3) is 21.7 Å². The summed E-state index contributed by atoms with van der Waals surface area (Å²) in [7, 11) is 0. The van der Waals surface area contributed by atoms with Crippen molar-refractivity contribution in [2.45, 2.75) is 26.8 Å². The molecule has 0 radical (unpaired) electrons. The lowest BCUT2D eigenvalue weighted by Crippen LogP contribution is -2.50. The summed E-state index contributed by atoms with van der Waals surface area (Å²) in [5.74, 6) is -0.0219. The first-order chi connectivity index (χ1) is 18.8. The molecule has 1 aliphatic rings. The number of rotatable bonds is 6. The molecule has 8 nitrogen and oxygen atoms in total. The zero-order valence-corrected chi connectivity index (χ0v) is 23.0. The number of esters is 1. The number of carbonyl (C=O) groups excluding carboxylic acids is 2. The Morgan fingerprint density at radius 2 is 1.62 bits per heavy atom. The number of phenolic OH excluding ortho intramolecular Hbond substituents is 1. The third-order valence-electron chi connectivity index (χ3n) is 7.18. The van der Waals surface area contributed by atoms with Gasteiger partial charge in [0, 0.05) is 52.9 Å². The first-order valence-electron chi connectivity index (χ1n) is 13.1. The normalized spacial score (nSPS) is 15.0. The highest BCUT2D eigenvalue weighted by Gasteiger charge is 2.35. The summed E-state index contributed by atoms with van der Waals surface area (Å²) < 4.78 is 16.8. The van der Waals surface area contributed by atoms with Crippen LogP contribution in [0, 0.1) is 6.92 Å². The maximum atomic E-state index is 13.2. The van der Waals surface area contributed by atoms with Gasteiger partial charge in [-0.2, -0.15) is 0 Å². The third-order valence-corrected chi connectivity index (χ3v) is 7.43. The van der Waals surface area contributed by atoms with Crippen molar-refractivity contribution in [2.24, 2.45) is 0 Å². The first kappa shape index (κ1) is 26.8. The van der Waals surface area contributed by atoms with Crippen LogP contribution < -0.4 is 0 Å². The maximum Gasteiger partial charge on any atom is 0.409 e. The number of hydrogen-bond acceptors (Lipinski definition) is 7. The quantitative estimate of drug-likeness (QED) is 0.282. The molecule has 1 unspecified atom stereocenters. The number of ether oxygens (including phenoxy) is 2.